The van der Waals surface area contributed by atoms with Gasteiger partial charge in [0.25, 0.3) is 0 Å². The first kappa shape index (κ1) is 22.5. The van der Waals surface area contributed by atoms with E-state index in [9.17, 15) is 9.18 Å². The Bertz CT molecular complexity index is 1700. The molecule has 0 spiro atoms. The molecule has 0 aliphatic carbocycles. The summed E-state index contributed by atoms with van der Waals surface area (Å²) in [6, 6.07) is 9.48. The minimum Gasteiger partial charge on any atom is -0.310 e. The van der Waals surface area contributed by atoms with Crippen LogP contribution in [0.15, 0.2) is 47.5 Å². The molecule has 1 aliphatic rings. The van der Waals surface area contributed by atoms with Crippen molar-refractivity contribution in [3.8, 4) is 17.2 Å². The summed E-state index contributed by atoms with van der Waals surface area (Å²) in [6.45, 7) is 8.32. The molecule has 0 amide bonds. The van der Waals surface area contributed by atoms with E-state index < -0.39 is 0 Å². The Balaban J connectivity index is 1.60. The van der Waals surface area contributed by atoms with E-state index >= 15 is 0 Å². The lowest BCUT2D eigenvalue weighted by Gasteiger charge is -2.21. The maximum absolute atomic E-state index is 14.5. The van der Waals surface area contributed by atoms with Gasteiger partial charge in [-0.05, 0) is 69.2 Å². The topological polar surface area (TPSA) is 74.6 Å². The van der Waals surface area contributed by atoms with E-state index in [2.05, 4.69) is 17.3 Å². The quantitative estimate of drug-likeness (QED) is 0.420. The third-order valence-corrected chi connectivity index (χ3v) is 7.17. The largest absolute Gasteiger partial charge is 0.338 e. The molecule has 3 aromatic heterocycles. The summed E-state index contributed by atoms with van der Waals surface area (Å²) in [5.74, 6) is 0.460. The van der Waals surface area contributed by atoms with Crippen molar-refractivity contribution in [1.29, 1.82) is 0 Å². The zero-order chi connectivity index (χ0) is 25.3. The number of benzene rings is 2. The third-order valence-electron chi connectivity index (χ3n) is 7.17. The van der Waals surface area contributed by atoms with Crippen LogP contribution in [0.5, 0.6) is 0 Å². The number of rotatable bonds is 3. The molecule has 0 saturated heterocycles. The van der Waals surface area contributed by atoms with E-state index in [1.165, 1.54) is 0 Å². The standard InChI is InChI=1S/C27H28FN7O/c1-15-10-21(11-16(2)25(15)28)35-26(24-18(4)29-9-8-22(24)31-35)33-14-17(3)34(27(33)36)20-6-7-23-19(12-20)13-30-32(23)5/h6-7,10-14,18,29H,8-9H2,1-5H3/t18-/m0/s1. The van der Waals surface area contributed by atoms with Crippen LogP contribution in [0.3, 0.4) is 0 Å². The summed E-state index contributed by atoms with van der Waals surface area (Å²) in [5.41, 5.74) is 6.14. The van der Waals surface area contributed by atoms with Gasteiger partial charge in [-0.25, -0.2) is 13.9 Å². The fourth-order valence-electron chi connectivity index (χ4n) is 5.37. The predicted octanol–water partition coefficient (Wildman–Crippen LogP) is 3.97. The van der Waals surface area contributed by atoms with Crippen molar-refractivity contribution >= 4 is 10.9 Å². The lowest BCUT2D eigenvalue weighted by Crippen LogP contribution is -2.30. The van der Waals surface area contributed by atoms with Crippen molar-refractivity contribution in [3.05, 3.63) is 87.1 Å². The zero-order valence-electron chi connectivity index (χ0n) is 21.0. The van der Waals surface area contributed by atoms with Crippen LogP contribution < -0.4 is 11.0 Å². The van der Waals surface area contributed by atoms with Gasteiger partial charge in [0, 0.05) is 48.9 Å². The first-order chi connectivity index (χ1) is 17.2. The fraction of sp³-hybridized carbons (Fsp3) is 0.296. The lowest BCUT2D eigenvalue weighted by atomic mass is 10.0. The molecule has 9 heteroatoms. The predicted molar refractivity (Wildman–Crippen MR) is 137 cm³/mol. The van der Waals surface area contributed by atoms with Crippen LogP contribution in [-0.2, 0) is 13.5 Å². The number of hydrogen-bond acceptors (Lipinski definition) is 4. The average Bonchev–Trinajstić information content (AvgIpc) is 3.50. The van der Waals surface area contributed by atoms with Crippen LogP contribution in [0.25, 0.3) is 28.1 Å². The third kappa shape index (κ3) is 3.26. The zero-order valence-corrected chi connectivity index (χ0v) is 21.0. The van der Waals surface area contributed by atoms with Gasteiger partial charge in [0.15, 0.2) is 0 Å². The first-order valence-corrected chi connectivity index (χ1v) is 12.1. The molecule has 1 N–H and O–H groups in total. The van der Waals surface area contributed by atoms with Gasteiger partial charge >= 0.3 is 5.69 Å². The molecule has 1 atom stereocenters. The van der Waals surface area contributed by atoms with Gasteiger partial charge < -0.3 is 5.32 Å². The Morgan fingerprint density at radius 2 is 1.83 bits per heavy atom. The van der Waals surface area contributed by atoms with Crippen molar-refractivity contribution in [1.82, 2.24) is 34.0 Å². The van der Waals surface area contributed by atoms with E-state index in [1.54, 1.807) is 46.0 Å². The maximum atomic E-state index is 14.5. The fourth-order valence-corrected chi connectivity index (χ4v) is 5.37. The van der Waals surface area contributed by atoms with Crippen LogP contribution >= 0.6 is 0 Å². The van der Waals surface area contributed by atoms with E-state index in [-0.39, 0.29) is 17.5 Å². The van der Waals surface area contributed by atoms with Crippen LogP contribution in [0.2, 0.25) is 0 Å². The Morgan fingerprint density at radius 3 is 2.58 bits per heavy atom. The lowest BCUT2D eigenvalue weighted by molar-refractivity contribution is 0.536. The SMILES string of the molecule is Cc1cc(-n2nc3c(c2-n2cc(C)n(-c4ccc5c(cnn5C)c4)c2=O)[C@H](C)NCC3)cc(C)c1F. The van der Waals surface area contributed by atoms with Crippen LogP contribution in [0, 0.1) is 26.6 Å². The minimum atomic E-state index is -0.225. The monoisotopic (exact) mass is 485 g/mol. The Kier molecular flexibility index (Phi) is 5.01. The average molecular weight is 486 g/mol. The number of imidazole rings is 1. The number of aryl methyl sites for hydroxylation is 4. The van der Waals surface area contributed by atoms with Gasteiger partial charge in [0.05, 0.1) is 28.8 Å². The van der Waals surface area contributed by atoms with E-state index in [0.717, 1.165) is 52.2 Å². The number of hydrogen-bond donors (Lipinski definition) is 1. The summed E-state index contributed by atoms with van der Waals surface area (Å²) in [6.07, 6.45) is 4.41. The minimum absolute atomic E-state index is 0.0161. The molecule has 0 radical (unpaired) electrons. The smallest absolute Gasteiger partial charge is 0.310 e. The second-order valence-electron chi connectivity index (χ2n) is 9.68. The first-order valence-electron chi connectivity index (χ1n) is 12.1. The molecule has 8 nitrogen and oxygen atoms in total. The molecule has 4 heterocycles. The normalized spacial score (nSPS) is 15.6. The molecule has 184 valence electrons. The molecule has 1 aliphatic heterocycles. The van der Waals surface area contributed by atoms with E-state index in [4.69, 9.17) is 5.10 Å². The van der Waals surface area contributed by atoms with E-state index in [1.807, 2.05) is 43.0 Å². The number of aromatic nitrogens is 6. The highest BCUT2D eigenvalue weighted by Gasteiger charge is 2.29. The number of nitrogens with one attached hydrogen (secondary N) is 1. The van der Waals surface area contributed by atoms with E-state index in [0.29, 0.717) is 16.9 Å². The van der Waals surface area contributed by atoms with Crippen LogP contribution in [-0.4, -0.2) is 35.2 Å². The van der Waals surface area contributed by atoms with Gasteiger partial charge in [-0.1, -0.05) is 0 Å². The van der Waals surface area contributed by atoms with Crippen molar-refractivity contribution in [3.63, 3.8) is 0 Å². The molecular weight excluding hydrogens is 457 g/mol. The highest BCUT2D eigenvalue weighted by Crippen LogP contribution is 2.32. The highest BCUT2D eigenvalue weighted by molar-refractivity contribution is 5.80. The van der Waals surface area contributed by atoms with Crippen molar-refractivity contribution in [2.75, 3.05) is 6.54 Å². The van der Waals surface area contributed by atoms with Gasteiger partial charge in [0.1, 0.15) is 11.6 Å². The number of halogens is 1. The molecule has 0 bridgehead atoms. The summed E-state index contributed by atoms with van der Waals surface area (Å²) in [4.78, 5) is 14.0. The molecule has 5 aromatic rings. The summed E-state index contributed by atoms with van der Waals surface area (Å²) in [5, 5.41) is 13.7. The Hall–Kier alpha value is -3.98. The van der Waals surface area contributed by atoms with Crippen LogP contribution in [0.1, 0.15) is 41.0 Å². The molecular formula is C27H28FN7O. The van der Waals surface area contributed by atoms with Gasteiger partial charge in [0.2, 0.25) is 0 Å². The number of nitrogens with zero attached hydrogens (tertiary/aromatic N) is 6. The van der Waals surface area contributed by atoms with Gasteiger partial charge in [-0.2, -0.15) is 10.2 Å². The summed E-state index contributed by atoms with van der Waals surface area (Å²) in [7, 11) is 1.90. The summed E-state index contributed by atoms with van der Waals surface area (Å²) >= 11 is 0. The van der Waals surface area contributed by atoms with Crippen LogP contribution in [0.4, 0.5) is 4.39 Å². The molecule has 36 heavy (non-hydrogen) atoms. The maximum Gasteiger partial charge on any atom is 0.338 e. The van der Waals surface area contributed by atoms with Crippen molar-refractivity contribution in [2.24, 2.45) is 7.05 Å². The number of fused-ring (bicyclic) bond motifs is 2. The van der Waals surface area contributed by atoms with Crippen molar-refractivity contribution < 1.29 is 4.39 Å². The van der Waals surface area contributed by atoms with Crippen molar-refractivity contribution in [2.45, 2.75) is 40.2 Å². The Labute approximate surface area is 207 Å². The molecule has 2 aromatic carbocycles. The van der Waals surface area contributed by atoms with Gasteiger partial charge in [-0.3, -0.25) is 13.8 Å². The highest BCUT2D eigenvalue weighted by atomic mass is 19.1. The van der Waals surface area contributed by atoms with Gasteiger partial charge in [-0.15, -0.1) is 0 Å². The second kappa shape index (κ2) is 8.03. The molecule has 0 saturated carbocycles. The Morgan fingerprint density at radius 1 is 1.08 bits per heavy atom. The second-order valence-corrected chi connectivity index (χ2v) is 9.68. The summed E-state index contributed by atoms with van der Waals surface area (Å²) < 4.78 is 21.4. The molecule has 0 fully saturated rings. The molecule has 0 unspecified atom stereocenters. The molecule has 6 rings (SSSR count).